The van der Waals surface area contributed by atoms with Crippen LogP contribution < -0.4 is 9.47 Å². The van der Waals surface area contributed by atoms with Gasteiger partial charge in [0.05, 0.1) is 13.2 Å². The second-order valence-corrected chi connectivity index (χ2v) is 15.9. The summed E-state index contributed by atoms with van der Waals surface area (Å²) in [4.78, 5) is 26.6. The van der Waals surface area contributed by atoms with E-state index in [1.165, 1.54) is 64.2 Å². The molecule has 6 aromatic rings. The molecule has 0 fully saturated rings. The fraction of sp³-hybridized carbons (Fsp3) is 0.423. The zero-order chi connectivity index (χ0) is 40.7. The summed E-state index contributed by atoms with van der Waals surface area (Å²) < 4.78 is 23.6. The van der Waals surface area contributed by atoms with Crippen molar-refractivity contribution < 1.29 is 28.5 Å². The van der Waals surface area contributed by atoms with Crippen molar-refractivity contribution in [3.8, 4) is 22.6 Å². The maximum atomic E-state index is 13.3. The third-order valence-corrected chi connectivity index (χ3v) is 11.3. The molecule has 6 aromatic carbocycles. The Hall–Kier alpha value is -5.10. The van der Waals surface area contributed by atoms with E-state index in [0.717, 1.165) is 104 Å². The highest BCUT2D eigenvalue weighted by Crippen LogP contribution is 2.50. The number of fused-ring (bicyclic) bond motifs is 4. The summed E-state index contributed by atoms with van der Waals surface area (Å²) in [6.45, 7) is 9.29. The highest BCUT2D eigenvalue weighted by Gasteiger charge is 2.25. The van der Waals surface area contributed by atoms with Gasteiger partial charge in [-0.1, -0.05) is 200 Å². The molecule has 6 heteroatoms. The summed E-state index contributed by atoms with van der Waals surface area (Å²) in [5.41, 5.74) is 4.20. The van der Waals surface area contributed by atoms with E-state index < -0.39 is 12.3 Å². The third kappa shape index (κ3) is 10.7. The molecule has 0 spiro atoms. The summed E-state index contributed by atoms with van der Waals surface area (Å²) >= 11 is 0. The molecule has 0 radical (unpaired) electrons. The van der Waals surface area contributed by atoms with Crippen LogP contribution in [0.2, 0.25) is 0 Å². The number of unbranched alkanes of at least 4 members (excludes halogenated alkanes) is 14. The Labute approximate surface area is 345 Å². The molecule has 0 saturated carbocycles. The molecule has 306 valence electrons. The lowest BCUT2D eigenvalue weighted by Gasteiger charge is -2.21. The Balaban J connectivity index is 1.33. The van der Waals surface area contributed by atoms with Gasteiger partial charge in [-0.05, 0) is 59.4 Å². The van der Waals surface area contributed by atoms with Crippen LogP contribution in [0.5, 0.6) is 11.5 Å². The fourth-order valence-corrected chi connectivity index (χ4v) is 8.27. The predicted molar refractivity (Wildman–Crippen MR) is 241 cm³/mol. The van der Waals surface area contributed by atoms with Crippen molar-refractivity contribution in [2.45, 2.75) is 130 Å². The Kier molecular flexibility index (Phi) is 15.8. The van der Waals surface area contributed by atoms with Crippen LogP contribution in [0, 0.1) is 13.8 Å². The van der Waals surface area contributed by atoms with E-state index in [0.29, 0.717) is 24.7 Å². The molecule has 0 aliphatic carbocycles. The number of benzene rings is 6. The van der Waals surface area contributed by atoms with Crippen LogP contribution >= 0.6 is 0 Å². The van der Waals surface area contributed by atoms with Gasteiger partial charge in [0, 0.05) is 21.5 Å². The number of hydrogen-bond donors (Lipinski definition) is 0. The van der Waals surface area contributed by atoms with Gasteiger partial charge in [0.25, 0.3) is 0 Å². The molecule has 0 atom stereocenters. The molecule has 0 aliphatic rings. The van der Waals surface area contributed by atoms with Gasteiger partial charge in [-0.25, -0.2) is 9.59 Å². The standard InChI is InChI=1S/C52H62O6/c1-5-7-9-11-13-15-17-23-33-55-51(53)57-49-41-27-21-19-25-39(41)47(45-35-37(3)29-31-43(45)49)48-40-26-20-22-28-42(40)50(44-32-30-38(4)36-46(44)48)58-52(54)56-34-24-18-16-14-12-10-8-6-2/h19-22,25-32,35-36H,5-18,23-24,33-34H2,1-4H3. The van der Waals surface area contributed by atoms with Crippen LogP contribution in [0.4, 0.5) is 9.59 Å². The topological polar surface area (TPSA) is 71.1 Å². The molecule has 0 N–H and O–H groups in total. The van der Waals surface area contributed by atoms with E-state index >= 15 is 0 Å². The second-order valence-electron chi connectivity index (χ2n) is 15.9. The Morgan fingerprint density at radius 2 is 0.724 bits per heavy atom. The van der Waals surface area contributed by atoms with Gasteiger partial charge in [-0.3, -0.25) is 0 Å². The third-order valence-electron chi connectivity index (χ3n) is 11.3. The van der Waals surface area contributed by atoms with Gasteiger partial charge in [0.15, 0.2) is 0 Å². The monoisotopic (exact) mass is 782 g/mol. The summed E-state index contributed by atoms with van der Waals surface area (Å²) in [6.07, 6.45) is 17.3. The average molecular weight is 783 g/mol. The van der Waals surface area contributed by atoms with Crippen molar-refractivity contribution in [1.29, 1.82) is 0 Å². The molecule has 6 rings (SSSR count). The summed E-state index contributed by atoms with van der Waals surface area (Å²) in [5, 5.41) is 7.05. The largest absolute Gasteiger partial charge is 0.513 e. The first kappa shape index (κ1) is 42.5. The zero-order valence-corrected chi connectivity index (χ0v) is 35.3. The first-order chi connectivity index (χ1) is 28.4. The van der Waals surface area contributed by atoms with Gasteiger partial charge in [0.1, 0.15) is 11.5 Å². The van der Waals surface area contributed by atoms with E-state index in [-0.39, 0.29) is 0 Å². The maximum absolute atomic E-state index is 13.3. The van der Waals surface area contributed by atoms with Gasteiger partial charge in [-0.2, -0.15) is 0 Å². The lowest BCUT2D eigenvalue weighted by atomic mass is 9.84. The van der Waals surface area contributed by atoms with Crippen LogP contribution in [0.3, 0.4) is 0 Å². The lowest BCUT2D eigenvalue weighted by molar-refractivity contribution is 0.0972. The first-order valence-corrected chi connectivity index (χ1v) is 22.0. The van der Waals surface area contributed by atoms with Crippen molar-refractivity contribution in [3.63, 3.8) is 0 Å². The summed E-state index contributed by atoms with van der Waals surface area (Å²) in [6, 6.07) is 28.7. The van der Waals surface area contributed by atoms with Gasteiger partial charge < -0.3 is 18.9 Å². The SMILES string of the molecule is CCCCCCCCCCOC(=O)Oc1c2ccccc2c(-c2c3ccccc3c(OC(=O)OCCCCCCCCCC)c3ccc(C)cc23)c2cc(C)ccc12. The minimum Gasteiger partial charge on any atom is -0.434 e. The van der Waals surface area contributed by atoms with Crippen LogP contribution in [0.15, 0.2) is 84.9 Å². The van der Waals surface area contributed by atoms with E-state index in [9.17, 15) is 9.59 Å². The van der Waals surface area contributed by atoms with Crippen molar-refractivity contribution in [3.05, 3.63) is 96.1 Å². The molecule has 58 heavy (non-hydrogen) atoms. The molecule has 0 unspecified atom stereocenters. The molecular formula is C52H62O6. The fourth-order valence-electron chi connectivity index (χ4n) is 8.27. The van der Waals surface area contributed by atoms with E-state index in [4.69, 9.17) is 18.9 Å². The van der Waals surface area contributed by atoms with E-state index in [1.54, 1.807) is 0 Å². The maximum Gasteiger partial charge on any atom is 0.513 e. The molecule has 0 aromatic heterocycles. The highest BCUT2D eigenvalue weighted by molar-refractivity contribution is 6.27. The van der Waals surface area contributed by atoms with Crippen LogP contribution in [0.25, 0.3) is 54.2 Å². The number of ether oxygens (including phenoxy) is 4. The number of rotatable bonds is 21. The van der Waals surface area contributed by atoms with Crippen molar-refractivity contribution in [2.75, 3.05) is 13.2 Å². The lowest BCUT2D eigenvalue weighted by Crippen LogP contribution is -2.12. The first-order valence-electron chi connectivity index (χ1n) is 22.0. The Morgan fingerprint density at radius 3 is 1.10 bits per heavy atom. The van der Waals surface area contributed by atoms with Gasteiger partial charge in [-0.15, -0.1) is 0 Å². The minimum absolute atomic E-state index is 0.333. The molecule has 0 amide bonds. The van der Waals surface area contributed by atoms with Crippen LogP contribution in [0.1, 0.15) is 128 Å². The van der Waals surface area contributed by atoms with Gasteiger partial charge in [0.2, 0.25) is 0 Å². The molecule has 0 saturated heterocycles. The number of carbonyl (C=O) groups is 2. The van der Waals surface area contributed by atoms with E-state index in [2.05, 4.69) is 64.1 Å². The Bertz CT molecular complexity index is 2140. The highest BCUT2D eigenvalue weighted by atomic mass is 16.7. The summed E-state index contributed by atoms with van der Waals surface area (Å²) in [5.74, 6) is 0.971. The number of aryl methyl sites for hydroxylation is 2. The zero-order valence-electron chi connectivity index (χ0n) is 35.3. The normalized spacial score (nSPS) is 11.4. The predicted octanol–water partition coefficient (Wildman–Crippen LogP) is 15.9. The van der Waals surface area contributed by atoms with Crippen LogP contribution in [-0.2, 0) is 9.47 Å². The smallest absolute Gasteiger partial charge is 0.434 e. The Morgan fingerprint density at radius 1 is 0.397 bits per heavy atom. The minimum atomic E-state index is -0.690. The second kappa shape index (κ2) is 21.6. The summed E-state index contributed by atoms with van der Waals surface area (Å²) in [7, 11) is 0. The van der Waals surface area contributed by atoms with Gasteiger partial charge >= 0.3 is 12.3 Å². The average Bonchev–Trinajstić information content (AvgIpc) is 3.23. The molecule has 6 nitrogen and oxygen atoms in total. The molecule has 0 aliphatic heterocycles. The van der Waals surface area contributed by atoms with E-state index in [1.807, 2.05) is 48.5 Å². The molecular weight excluding hydrogens is 721 g/mol. The van der Waals surface area contributed by atoms with Crippen molar-refractivity contribution in [1.82, 2.24) is 0 Å². The van der Waals surface area contributed by atoms with Crippen molar-refractivity contribution in [2.24, 2.45) is 0 Å². The molecule has 0 bridgehead atoms. The van der Waals surface area contributed by atoms with Crippen LogP contribution in [-0.4, -0.2) is 25.5 Å². The van der Waals surface area contributed by atoms with Crippen molar-refractivity contribution >= 4 is 55.4 Å². The number of carbonyl (C=O) groups excluding carboxylic acids is 2. The molecule has 0 heterocycles. The number of hydrogen-bond acceptors (Lipinski definition) is 6. The quantitative estimate of drug-likeness (QED) is 0.0313.